The molecule has 0 atom stereocenters. The minimum Gasteiger partial charge on any atom is -0.361 e. The van der Waals surface area contributed by atoms with Crippen molar-refractivity contribution in [3.05, 3.63) is 65.5 Å². The lowest BCUT2D eigenvalue weighted by atomic mass is 10.1. The average Bonchev–Trinajstić information content (AvgIpc) is 2.59. The minimum absolute atomic E-state index is 0.00384. The zero-order chi connectivity index (χ0) is 18.2. The first-order chi connectivity index (χ1) is 12.0. The fourth-order valence-corrected chi connectivity index (χ4v) is 2.24. The Hall–Kier alpha value is -2.80. The Labute approximate surface area is 150 Å². The molecule has 25 heavy (non-hydrogen) atoms. The van der Waals surface area contributed by atoms with Gasteiger partial charge in [-0.3, -0.25) is 9.59 Å². The lowest BCUT2D eigenvalue weighted by Gasteiger charge is -2.11. The van der Waals surface area contributed by atoms with Crippen LogP contribution in [-0.2, 0) is 0 Å². The number of carbonyl (C=O) groups is 2. The van der Waals surface area contributed by atoms with E-state index in [1.165, 1.54) is 31.2 Å². The van der Waals surface area contributed by atoms with Gasteiger partial charge < -0.3 is 16.0 Å². The van der Waals surface area contributed by atoms with E-state index in [9.17, 15) is 14.0 Å². The van der Waals surface area contributed by atoms with Crippen LogP contribution >= 0.6 is 12.2 Å². The van der Waals surface area contributed by atoms with Crippen LogP contribution in [0, 0.1) is 5.82 Å². The predicted octanol–water partition coefficient (Wildman–Crippen LogP) is 2.74. The summed E-state index contributed by atoms with van der Waals surface area (Å²) in [5, 5.41) is 9.07. The Morgan fingerprint density at radius 3 is 2.08 bits per heavy atom. The molecule has 0 radical (unpaired) electrons. The third kappa shape index (κ3) is 5.96. The summed E-state index contributed by atoms with van der Waals surface area (Å²) in [5.74, 6) is -0.657. The molecule has 0 aliphatic rings. The van der Waals surface area contributed by atoms with Crippen LogP contribution in [-0.4, -0.2) is 29.9 Å². The van der Waals surface area contributed by atoms with Gasteiger partial charge >= 0.3 is 0 Å². The minimum atomic E-state index is -0.383. The highest BCUT2D eigenvalue weighted by atomic mass is 32.1. The molecule has 0 saturated heterocycles. The second-order valence-electron chi connectivity index (χ2n) is 5.28. The van der Waals surface area contributed by atoms with Gasteiger partial charge in [0, 0.05) is 29.9 Å². The molecule has 2 aromatic rings. The van der Waals surface area contributed by atoms with E-state index in [-0.39, 0.29) is 17.5 Å². The van der Waals surface area contributed by atoms with Gasteiger partial charge in [0.15, 0.2) is 10.9 Å². The highest BCUT2D eigenvalue weighted by molar-refractivity contribution is 7.80. The summed E-state index contributed by atoms with van der Waals surface area (Å²) in [6, 6.07) is 12.3. The number of hydrogen-bond donors (Lipinski definition) is 3. The maximum absolute atomic E-state index is 12.8. The summed E-state index contributed by atoms with van der Waals surface area (Å²) in [4.78, 5) is 23.1. The van der Waals surface area contributed by atoms with Crippen molar-refractivity contribution in [2.75, 3.05) is 18.4 Å². The van der Waals surface area contributed by atoms with Crippen LogP contribution in [0.3, 0.4) is 0 Å². The molecule has 0 spiro atoms. The molecule has 0 aliphatic carbocycles. The summed E-state index contributed by atoms with van der Waals surface area (Å²) in [7, 11) is 0. The molecule has 5 nitrogen and oxygen atoms in total. The molecule has 0 heterocycles. The number of carbonyl (C=O) groups excluding carboxylic acids is 2. The lowest BCUT2D eigenvalue weighted by molar-refractivity contribution is 0.0953. The van der Waals surface area contributed by atoms with E-state index in [1.807, 2.05) is 0 Å². The van der Waals surface area contributed by atoms with Crippen molar-refractivity contribution in [2.45, 2.75) is 6.92 Å². The van der Waals surface area contributed by atoms with Crippen molar-refractivity contribution in [3.8, 4) is 0 Å². The van der Waals surface area contributed by atoms with Crippen LogP contribution in [0.25, 0.3) is 0 Å². The maximum Gasteiger partial charge on any atom is 0.251 e. The second kappa shape index (κ2) is 8.89. The average molecular weight is 359 g/mol. The number of Topliss-reactive ketones (excluding diaryl/α,β-unsaturated/α-hetero) is 1. The van der Waals surface area contributed by atoms with Crippen LogP contribution in [0.5, 0.6) is 0 Å². The number of nitrogens with one attached hydrogen (secondary N) is 3. The molecule has 2 rings (SSSR count). The molecule has 0 aromatic heterocycles. The first-order valence-corrected chi connectivity index (χ1v) is 8.06. The molecule has 2 aromatic carbocycles. The molecule has 7 heteroatoms. The summed E-state index contributed by atoms with van der Waals surface area (Å²) < 4.78 is 12.8. The Balaban J connectivity index is 1.70. The first kappa shape index (κ1) is 18.5. The van der Waals surface area contributed by atoms with E-state index in [0.29, 0.717) is 29.3 Å². The molecule has 0 unspecified atom stereocenters. The number of rotatable bonds is 6. The van der Waals surface area contributed by atoms with Crippen LogP contribution in [0.15, 0.2) is 48.5 Å². The number of ketones is 1. The molecule has 130 valence electrons. The molecule has 0 aliphatic heterocycles. The number of benzene rings is 2. The Morgan fingerprint density at radius 1 is 0.920 bits per heavy atom. The zero-order valence-corrected chi connectivity index (χ0v) is 14.5. The lowest BCUT2D eigenvalue weighted by Crippen LogP contribution is -2.36. The van der Waals surface area contributed by atoms with Crippen molar-refractivity contribution in [1.82, 2.24) is 10.6 Å². The fourth-order valence-electron chi connectivity index (χ4n) is 2.02. The quantitative estimate of drug-likeness (QED) is 0.420. The zero-order valence-electron chi connectivity index (χ0n) is 13.6. The van der Waals surface area contributed by atoms with Gasteiger partial charge in [0.2, 0.25) is 0 Å². The highest BCUT2D eigenvalue weighted by Gasteiger charge is 2.05. The van der Waals surface area contributed by atoms with Crippen molar-refractivity contribution in [3.63, 3.8) is 0 Å². The van der Waals surface area contributed by atoms with Gasteiger partial charge in [0.05, 0.1) is 0 Å². The highest BCUT2D eigenvalue weighted by Crippen LogP contribution is 2.09. The van der Waals surface area contributed by atoms with E-state index in [1.54, 1.807) is 24.3 Å². The van der Waals surface area contributed by atoms with Crippen molar-refractivity contribution in [2.24, 2.45) is 0 Å². The molecule has 3 N–H and O–H groups in total. The van der Waals surface area contributed by atoms with E-state index in [2.05, 4.69) is 16.0 Å². The summed E-state index contributed by atoms with van der Waals surface area (Å²) >= 11 is 5.16. The second-order valence-corrected chi connectivity index (χ2v) is 5.69. The van der Waals surface area contributed by atoms with E-state index in [0.717, 1.165) is 5.69 Å². The Bertz CT molecular complexity index is 761. The van der Waals surface area contributed by atoms with Crippen LogP contribution in [0.2, 0.25) is 0 Å². The number of amides is 1. The summed E-state index contributed by atoms with van der Waals surface area (Å²) in [6.07, 6.45) is 0. The molecular formula is C18H18FN3O2S. The monoisotopic (exact) mass is 359 g/mol. The van der Waals surface area contributed by atoms with Gasteiger partial charge in [-0.15, -0.1) is 0 Å². The van der Waals surface area contributed by atoms with Gasteiger partial charge in [0.1, 0.15) is 5.82 Å². The number of hydrogen-bond acceptors (Lipinski definition) is 3. The van der Waals surface area contributed by atoms with Gasteiger partial charge in [-0.2, -0.15) is 0 Å². The Morgan fingerprint density at radius 2 is 1.48 bits per heavy atom. The van der Waals surface area contributed by atoms with Crippen LogP contribution in [0.1, 0.15) is 27.6 Å². The topological polar surface area (TPSA) is 70.2 Å². The fraction of sp³-hybridized carbons (Fsp3) is 0.167. The van der Waals surface area contributed by atoms with Gasteiger partial charge in [-0.05, 0) is 67.7 Å². The third-order valence-electron chi connectivity index (χ3n) is 3.35. The molecule has 0 bridgehead atoms. The van der Waals surface area contributed by atoms with Gasteiger partial charge in [-0.1, -0.05) is 0 Å². The van der Waals surface area contributed by atoms with Crippen molar-refractivity contribution in [1.29, 1.82) is 0 Å². The number of halogens is 1. The summed E-state index contributed by atoms with van der Waals surface area (Å²) in [5.41, 5.74) is 1.79. The van der Waals surface area contributed by atoms with E-state index in [4.69, 9.17) is 12.2 Å². The maximum atomic E-state index is 12.8. The van der Waals surface area contributed by atoms with Crippen molar-refractivity contribution >= 4 is 34.7 Å². The Kier molecular flexibility index (Phi) is 6.59. The van der Waals surface area contributed by atoms with E-state index >= 15 is 0 Å². The largest absolute Gasteiger partial charge is 0.361 e. The standard InChI is InChI=1S/C18H18FN3O2S/c1-12(23)13-4-8-16(9-5-13)22-18(25)21-11-10-20-17(24)14-2-6-15(19)7-3-14/h2-9H,10-11H2,1H3,(H,20,24)(H2,21,22,25). The van der Waals surface area contributed by atoms with Gasteiger partial charge in [0.25, 0.3) is 5.91 Å². The number of thiocarbonyl (C=S) groups is 1. The van der Waals surface area contributed by atoms with Crippen molar-refractivity contribution < 1.29 is 14.0 Å². The molecule has 0 saturated carbocycles. The predicted molar refractivity (Wildman–Crippen MR) is 99.4 cm³/mol. The molecular weight excluding hydrogens is 341 g/mol. The first-order valence-electron chi connectivity index (χ1n) is 7.65. The van der Waals surface area contributed by atoms with Gasteiger partial charge in [-0.25, -0.2) is 4.39 Å². The molecule has 1 amide bonds. The number of anilines is 1. The van der Waals surface area contributed by atoms with Crippen LogP contribution < -0.4 is 16.0 Å². The summed E-state index contributed by atoms with van der Waals surface area (Å²) in [6.45, 7) is 2.31. The normalized spacial score (nSPS) is 10.0. The molecule has 0 fully saturated rings. The van der Waals surface area contributed by atoms with Crippen LogP contribution in [0.4, 0.5) is 10.1 Å². The smallest absolute Gasteiger partial charge is 0.251 e. The van der Waals surface area contributed by atoms with E-state index < -0.39 is 0 Å². The third-order valence-corrected chi connectivity index (χ3v) is 3.60. The SMILES string of the molecule is CC(=O)c1ccc(NC(=S)NCCNC(=O)c2ccc(F)cc2)cc1.